The standard InChI is InChI=1S/C19H24F3N3O3/c20-15-2-1-14(16(21)17(15)22)19(27)25-6-3-13(4-7-25)18(26)23-5-8-24-9-11-28-12-10-24/h1-2,13H,3-12H2,(H,23,26). The number of likely N-dealkylation sites (tertiary alicyclic amines) is 1. The van der Waals surface area contributed by atoms with Gasteiger partial charge in [0.1, 0.15) is 0 Å². The molecule has 2 fully saturated rings. The fourth-order valence-electron chi connectivity index (χ4n) is 3.51. The van der Waals surface area contributed by atoms with E-state index in [2.05, 4.69) is 10.2 Å². The summed E-state index contributed by atoms with van der Waals surface area (Å²) in [6, 6.07) is 1.68. The number of amides is 2. The fourth-order valence-corrected chi connectivity index (χ4v) is 3.51. The highest BCUT2D eigenvalue weighted by atomic mass is 19.2. The van der Waals surface area contributed by atoms with Gasteiger partial charge in [-0.15, -0.1) is 0 Å². The van der Waals surface area contributed by atoms with Crippen molar-refractivity contribution < 1.29 is 27.5 Å². The van der Waals surface area contributed by atoms with E-state index in [1.54, 1.807) is 0 Å². The van der Waals surface area contributed by atoms with Gasteiger partial charge in [-0.2, -0.15) is 0 Å². The van der Waals surface area contributed by atoms with E-state index in [9.17, 15) is 22.8 Å². The maximum atomic E-state index is 13.8. The Morgan fingerprint density at radius 2 is 1.71 bits per heavy atom. The maximum Gasteiger partial charge on any atom is 0.256 e. The van der Waals surface area contributed by atoms with Crippen molar-refractivity contribution in [2.75, 3.05) is 52.5 Å². The first-order valence-corrected chi connectivity index (χ1v) is 9.48. The van der Waals surface area contributed by atoms with Crippen molar-refractivity contribution in [3.63, 3.8) is 0 Å². The van der Waals surface area contributed by atoms with Gasteiger partial charge in [-0.25, -0.2) is 13.2 Å². The van der Waals surface area contributed by atoms with Crippen LogP contribution >= 0.6 is 0 Å². The maximum absolute atomic E-state index is 13.8. The van der Waals surface area contributed by atoms with Crippen molar-refractivity contribution in [1.29, 1.82) is 0 Å². The van der Waals surface area contributed by atoms with Crippen LogP contribution in [0.2, 0.25) is 0 Å². The van der Waals surface area contributed by atoms with Gasteiger partial charge in [0.2, 0.25) is 5.91 Å². The Kier molecular flexibility index (Phi) is 6.90. The molecule has 0 radical (unpaired) electrons. The summed E-state index contributed by atoms with van der Waals surface area (Å²) in [6.45, 7) is 4.98. The molecular weight excluding hydrogens is 375 g/mol. The molecule has 1 aromatic rings. The van der Waals surface area contributed by atoms with Crippen molar-refractivity contribution in [1.82, 2.24) is 15.1 Å². The van der Waals surface area contributed by atoms with Gasteiger partial charge in [-0.3, -0.25) is 14.5 Å². The predicted molar refractivity (Wildman–Crippen MR) is 95.2 cm³/mol. The number of halogens is 3. The molecule has 3 rings (SSSR count). The first-order chi connectivity index (χ1) is 13.5. The lowest BCUT2D eigenvalue weighted by atomic mass is 9.95. The number of hydrogen-bond donors (Lipinski definition) is 1. The Morgan fingerprint density at radius 3 is 2.39 bits per heavy atom. The number of rotatable bonds is 5. The molecule has 28 heavy (non-hydrogen) atoms. The fraction of sp³-hybridized carbons (Fsp3) is 0.579. The highest BCUT2D eigenvalue weighted by molar-refractivity contribution is 5.94. The second-order valence-electron chi connectivity index (χ2n) is 7.03. The topological polar surface area (TPSA) is 61.9 Å². The summed E-state index contributed by atoms with van der Waals surface area (Å²) >= 11 is 0. The summed E-state index contributed by atoms with van der Waals surface area (Å²) in [5, 5.41) is 2.92. The minimum atomic E-state index is -1.65. The number of piperidine rings is 1. The van der Waals surface area contributed by atoms with Gasteiger partial charge in [0.15, 0.2) is 17.5 Å². The van der Waals surface area contributed by atoms with E-state index in [0.29, 0.717) is 32.6 Å². The number of ether oxygens (including phenoxy) is 1. The van der Waals surface area contributed by atoms with E-state index in [1.165, 1.54) is 4.90 Å². The molecule has 0 unspecified atom stereocenters. The van der Waals surface area contributed by atoms with E-state index in [0.717, 1.165) is 31.8 Å². The Labute approximate surface area is 161 Å². The SMILES string of the molecule is O=C(NCCN1CCOCC1)C1CCN(C(=O)c2ccc(F)c(F)c2F)CC1. The van der Waals surface area contributed by atoms with Crippen LogP contribution in [0.5, 0.6) is 0 Å². The van der Waals surface area contributed by atoms with Crippen LogP contribution in [0.4, 0.5) is 13.2 Å². The van der Waals surface area contributed by atoms with Crippen LogP contribution in [-0.2, 0) is 9.53 Å². The highest BCUT2D eigenvalue weighted by Crippen LogP contribution is 2.22. The van der Waals surface area contributed by atoms with Crippen LogP contribution in [0.15, 0.2) is 12.1 Å². The molecule has 0 spiro atoms. The number of morpholine rings is 1. The van der Waals surface area contributed by atoms with Crippen LogP contribution in [0.3, 0.4) is 0 Å². The number of hydrogen-bond acceptors (Lipinski definition) is 4. The predicted octanol–water partition coefficient (Wildman–Crippen LogP) is 1.40. The molecule has 0 atom stereocenters. The largest absolute Gasteiger partial charge is 0.379 e. The van der Waals surface area contributed by atoms with Crippen molar-refractivity contribution in [3.8, 4) is 0 Å². The van der Waals surface area contributed by atoms with Crippen LogP contribution in [0.1, 0.15) is 23.2 Å². The molecule has 1 aromatic carbocycles. The summed E-state index contributed by atoms with van der Waals surface area (Å²) in [4.78, 5) is 28.3. The molecule has 2 saturated heterocycles. The summed E-state index contributed by atoms with van der Waals surface area (Å²) in [5.74, 6) is -5.43. The summed E-state index contributed by atoms with van der Waals surface area (Å²) < 4.78 is 45.5. The second kappa shape index (κ2) is 9.38. The smallest absolute Gasteiger partial charge is 0.256 e. The van der Waals surface area contributed by atoms with E-state index in [1.807, 2.05) is 0 Å². The number of benzene rings is 1. The number of nitrogens with zero attached hydrogens (tertiary/aromatic N) is 2. The summed E-state index contributed by atoms with van der Waals surface area (Å²) in [6.07, 6.45) is 0.890. The molecule has 0 aromatic heterocycles. The van der Waals surface area contributed by atoms with Gasteiger partial charge in [-0.05, 0) is 25.0 Å². The number of nitrogens with one attached hydrogen (secondary N) is 1. The Balaban J connectivity index is 1.45. The van der Waals surface area contributed by atoms with Gasteiger partial charge in [0, 0.05) is 45.2 Å². The van der Waals surface area contributed by atoms with Crippen molar-refractivity contribution in [3.05, 3.63) is 35.1 Å². The third kappa shape index (κ3) is 4.82. The van der Waals surface area contributed by atoms with E-state index in [-0.39, 0.29) is 24.9 Å². The molecule has 0 aliphatic carbocycles. The van der Waals surface area contributed by atoms with Crippen LogP contribution in [0, 0.1) is 23.4 Å². The zero-order valence-corrected chi connectivity index (χ0v) is 15.6. The lowest BCUT2D eigenvalue weighted by molar-refractivity contribution is -0.126. The molecule has 154 valence electrons. The van der Waals surface area contributed by atoms with Crippen LogP contribution < -0.4 is 5.32 Å². The van der Waals surface area contributed by atoms with Crippen molar-refractivity contribution in [2.24, 2.45) is 5.92 Å². The first-order valence-electron chi connectivity index (χ1n) is 9.48. The highest BCUT2D eigenvalue weighted by Gasteiger charge is 2.30. The zero-order valence-electron chi connectivity index (χ0n) is 15.6. The average Bonchev–Trinajstić information content (AvgIpc) is 2.72. The van der Waals surface area contributed by atoms with Crippen LogP contribution in [0.25, 0.3) is 0 Å². The molecule has 2 heterocycles. The third-order valence-electron chi connectivity index (χ3n) is 5.25. The van der Waals surface area contributed by atoms with Crippen molar-refractivity contribution >= 4 is 11.8 Å². The normalized spacial score (nSPS) is 18.9. The summed E-state index contributed by atoms with van der Waals surface area (Å²) in [7, 11) is 0. The third-order valence-corrected chi connectivity index (χ3v) is 5.25. The molecule has 6 nitrogen and oxygen atoms in total. The lowest BCUT2D eigenvalue weighted by Gasteiger charge is -2.32. The molecule has 0 saturated carbocycles. The van der Waals surface area contributed by atoms with E-state index in [4.69, 9.17) is 4.74 Å². The van der Waals surface area contributed by atoms with Gasteiger partial charge in [0.05, 0.1) is 18.8 Å². The Morgan fingerprint density at radius 1 is 1.04 bits per heavy atom. The zero-order chi connectivity index (χ0) is 20.1. The molecule has 2 aliphatic rings. The molecule has 9 heteroatoms. The Bertz CT molecular complexity index is 718. The second-order valence-corrected chi connectivity index (χ2v) is 7.03. The minimum absolute atomic E-state index is 0.0561. The number of carbonyl (C=O) groups excluding carboxylic acids is 2. The van der Waals surface area contributed by atoms with Crippen molar-refractivity contribution in [2.45, 2.75) is 12.8 Å². The lowest BCUT2D eigenvalue weighted by Crippen LogP contribution is -2.45. The minimum Gasteiger partial charge on any atom is -0.379 e. The molecule has 2 aliphatic heterocycles. The van der Waals surface area contributed by atoms with Crippen LogP contribution in [-0.4, -0.2) is 74.1 Å². The quantitative estimate of drug-likeness (QED) is 0.761. The van der Waals surface area contributed by atoms with Gasteiger partial charge >= 0.3 is 0 Å². The van der Waals surface area contributed by atoms with E-state index >= 15 is 0 Å². The molecule has 1 N–H and O–H groups in total. The van der Waals surface area contributed by atoms with Gasteiger partial charge < -0.3 is 15.0 Å². The molecule has 0 bridgehead atoms. The Hall–Kier alpha value is -2.13. The monoisotopic (exact) mass is 399 g/mol. The van der Waals surface area contributed by atoms with Gasteiger partial charge in [0.25, 0.3) is 5.91 Å². The molecular formula is C19H24F3N3O3. The average molecular weight is 399 g/mol. The summed E-state index contributed by atoms with van der Waals surface area (Å²) in [5.41, 5.74) is -0.493. The first kappa shape index (κ1) is 20.6. The van der Waals surface area contributed by atoms with Gasteiger partial charge in [-0.1, -0.05) is 0 Å². The number of carbonyl (C=O) groups is 2. The van der Waals surface area contributed by atoms with E-state index < -0.39 is 28.9 Å². The molecule has 2 amide bonds.